The van der Waals surface area contributed by atoms with E-state index in [2.05, 4.69) is 46.8 Å². The van der Waals surface area contributed by atoms with Crippen molar-refractivity contribution in [3.8, 4) is 0 Å². The molecule has 2 aromatic carbocycles. The van der Waals surface area contributed by atoms with E-state index in [1.807, 2.05) is 42.5 Å². The average Bonchev–Trinajstić information content (AvgIpc) is 3.30. The van der Waals surface area contributed by atoms with E-state index in [-0.39, 0.29) is 11.9 Å². The molecule has 0 aromatic heterocycles. The van der Waals surface area contributed by atoms with Crippen LogP contribution in [0.15, 0.2) is 54.6 Å². The molecule has 3 amide bonds. The van der Waals surface area contributed by atoms with E-state index < -0.39 is 5.54 Å². The summed E-state index contributed by atoms with van der Waals surface area (Å²) in [6.07, 6.45) is 3.20. The fourth-order valence-electron chi connectivity index (χ4n) is 4.34. The highest BCUT2D eigenvalue weighted by Gasteiger charge is 2.42. The minimum atomic E-state index is -0.839. The number of nitrogens with one attached hydrogen (secondary N) is 3. The van der Waals surface area contributed by atoms with Crippen LogP contribution in [-0.2, 0) is 24.4 Å². The van der Waals surface area contributed by atoms with Crippen molar-refractivity contribution in [3.63, 3.8) is 0 Å². The van der Waals surface area contributed by atoms with Gasteiger partial charge in [0.15, 0.2) is 0 Å². The maximum atomic E-state index is 13.2. The Kier molecular flexibility index (Phi) is 8.68. The van der Waals surface area contributed by atoms with Gasteiger partial charge >= 0.3 is 6.03 Å². The topological polar surface area (TPSA) is 73.5 Å². The summed E-state index contributed by atoms with van der Waals surface area (Å²) in [5.74, 6) is -0.0949. The number of rotatable bonds is 10. The molecule has 2 aromatic rings. The predicted octanol–water partition coefficient (Wildman–Crippen LogP) is 3.96. The second kappa shape index (κ2) is 11.7. The van der Waals surface area contributed by atoms with Crippen LogP contribution < -0.4 is 16.0 Å². The Morgan fingerprint density at radius 3 is 2.12 bits per heavy atom. The van der Waals surface area contributed by atoms with Crippen LogP contribution in [0.5, 0.6) is 0 Å². The van der Waals surface area contributed by atoms with Gasteiger partial charge in [0.25, 0.3) is 0 Å². The molecule has 1 saturated carbocycles. The predicted molar refractivity (Wildman–Crippen MR) is 128 cm³/mol. The standard InChI is InChI=1S/C26H36N4O2/c1-3-30(4-2)20-23-15-9-8-14-22(23)19-27-24(31)26(16-10-11-17-26)29-25(32)28-18-21-12-6-5-7-13-21/h5-9,12-15H,3-4,10-11,16-20H2,1-2H3,(H,27,31)(H2,28,29,32). The first kappa shape index (κ1) is 23.8. The highest BCUT2D eigenvalue weighted by molar-refractivity contribution is 5.91. The van der Waals surface area contributed by atoms with Crippen LogP contribution >= 0.6 is 0 Å². The van der Waals surface area contributed by atoms with Crippen molar-refractivity contribution in [2.75, 3.05) is 13.1 Å². The van der Waals surface area contributed by atoms with Crippen molar-refractivity contribution in [3.05, 3.63) is 71.3 Å². The number of urea groups is 1. The van der Waals surface area contributed by atoms with E-state index in [0.717, 1.165) is 43.6 Å². The van der Waals surface area contributed by atoms with Gasteiger partial charge < -0.3 is 16.0 Å². The van der Waals surface area contributed by atoms with Gasteiger partial charge in [0.1, 0.15) is 5.54 Å². The lowest BCUT2D eigenvalue weighted by molar-refractivity contribution is -0.127. The Morgan fingerprint density at radius 1 is 0.844 bits per heavy atom. The number of carbonyl (C=O) groups is 2. The lowest BCUT2D eigenvalue weighted by Crippen LogP contribution is -2.59. The van der Waals surface area contributed by atoms with E-state index in [4.69, 9.17) is 0 Å². The van der Waals surface area contributed by atoms with E-state index in [9.17, 15) is 9.59 Å². The number of amides is 3. The molecule has 1 aliphatic rings. The smallest absolute Gasteiger partial charge is 0.315 e. The Labute approximate surface area is 191 Å². The zero-order chi connectivity index (χ0) is 22.8. The van der Waals surface area contributed by atoms with E-state index in [0.29, 0.717) is 25.9 Å². The second-order valence-electron chi connectivity index (χ2n) is 8.50. The van der Waals surface area contributed by atoms with Crippen LogP contribution in [-0.4, -0.2) is 35.5 Å². The van der Waals surface area contributed by atoms with Gasteiger partial charge in [0.2, 0.25) is 5.91 Å². The van der Waals surface area contributed by atoms with Crippen LogP contribution in [0.2, 0.25) is 0 Å². The molecular formula is C26H36N4O2. The fourth-order valence-corrected chi connectivity index (χ4v) is 4.34. The Hall–Kier alpha value is -2.86. The molecular weight excluding hydrogens is 400 g/mol. The fraction of sp³-hybridized carbons (Fsp3) is 0.462. The molecule has 3 rings (SSSR count). The minimum absolute atomic E-state index is 0.0949. The average molecular weight is 437 g/mol. The molecule has 1 fully saturated rings. The second-order valence-corrected chi connectivity index (χ2v) is 8.50. The van der Waals surface area contributed by atoms with Gasteiger partial charge in [-0.05, 0) is 42.6 Å². The van der Waals surface area contributed by atoms with Crippen LogP contribution in [0.3, 0.4) is 0 Å². The van der Waals surface area contributed by atoms with Gasteiger partial charge in [-0.1, -0.05) is 81.3 Å². The first-order chi connectivity index (χ1) is 15.6. The third-order valence-electron chi connectivity index (χ3n) is 6.39. The summed E-state index contributed by atoms with van der Waals surface area (Å²) in [4.78, 5) is 28.2. The lowest BCUT2D eigenvalue weighted by Gasteiger charge is -2.29. The molecule has 32 heavy (non-hydrogen) atoms. The largest absolute Gasteiger partial charge is 0.350 e. The maximum Gasteiger partial charge on any atom is 0.315 e. The molecule has 0 radical (unpaired) electrons. The van der Waals surface area contributed by atoms with Crippen molar-refractivity contribution < 1.29 is 9.59 Å². The molecule has 3 N–H and O–H groups in total. The molecule has 0 saturated heterocycles. The van der Waals surface area contributed by atoms with Crippen molar-refractivity contribution in [1.29, 1.82) is 0 Å². The molecule has 0 spiro atoms. The zero-order valence-electron chi connectivity index (χ0n) is 19.3. The monoisotopic (exact) mass is 436 g/mol. The molecule has 0 unspecified atom stereocenters. The SMILES string of the molecule is CCN(CC)Cc1ccccc1CNC(=O)C1(NC(=O)NCc2ccccc2)CCCC1. The van der Waals surface area contributed by atoms with Crippen LogP contribution in [0.1, 0.15) is 56.2 Å². The van der Waals surface area contributed by atoms with Crippen LogP contribution in [0, 0.1) is 0 Å². The molecule has 6 nitrogen and oxygen atoms in total. The van der Waals surface area contributed by atoms with Crippen LogP contribution in [0.25, 0.3) is 0 Å². The van der Waals surface area contributed by atoms with Crippen molar-refractivity contribution in [1.82, 2.24) is 20.9 Å². The summed E-state index contributed by atoms with van der Waals surface area (Å²) in [6, 6.07) is 17.7. The van der Waals surface area contributed by atoms with Crippen LogP contribution in [0.4, 0.5) is 4.79 Å². The molecule has 0 aliphatic heterocycles. The first-order valence-corrected chi connectivity index (χ1v) is 11.7. The summed E-state index contributed by atoms with van der Waals surface area (Å²) in [6.45, 7) is 8.06. The number of hydrogen-bond donors (Lipinski definition) is 3. The van der Waals surface area contributed by atoms with E-state index >= 15 is 0 Å². The summed E-state index contributed by atoms with van der Waals surface area (Å²) in [7, 11) is 0. The Morgan fingerprint density at radius 2 is 1.47 bits per heavy atom. The molecule has 0 bridgehead atoms. The van der Waals surface area contributed by atoms with E-state index in [1.165, 1.54) is 5.56 Å². The van der Waals surface area contributed by atoms with Crippen molar-refractivity contribution >= 4 is 11.9 Å². The Bertz CT molecular complexity index is 874. The van der Waals surface area contributed by atoms with E-state index in [1.54, 1.807) is 0 Å². The first-order valence-electron chi connectivity index (χ1n) is 11.7. The molecule has 6 heteroatoms. The highest BCUT2D eigenvalue weighted by Crippen LogP contribution is 2.30. The van der Waals surface area contributed by atoms with Crippen molar-refractivity contribution in [2.45, 2.75) is 64.7 Å². The molecule has 1 aliphatic carbocycles. The normalized spacial score (nSPS) is 14.8. The van der Waals surface area contributed by atoms with Gasteiger partial charge in [-0.25, -0.2) is 4.79 Å². The highest BCUT2D eigenvalue weighted by atomic mass is 16.2. The maximum absolute atomic E-state index is 13.2. The number of hydrogen-bond acceptors (Lipinski definition) is 3. The van der Waals surface area contributed by atoms with Gasteiger partial charge in [-0.2, -0.15) is 0 Å². The summed E-state index contributed by atoms with van der Waals surface area (Å²) >= 11 is 0. The Balaban J connectivity index is 1.60. The van der Waals surface area contributed by atoms with Gasteiger partial charge in [0.05, 0.1) is 0 Å². The molecule has 0 atom stereocenters. The number of benzene rings is 2. The molecule has 0 heterocycles. The number of nitrogens with zero attached hydrogens (tertiary/aromatic N) is 1. The number of carbonyl (C=O) groups excluding carboxylic acids is 2. The van der Waals surface area contributed by atoms with Crippen molar-refractivity contribution in [2.24, 2.45) is 0 Å². The lowest BCUT2D eigenvalue weighted by atomic mass is 9.96. The third kappa shape index (κ3) is 6.33. The summed E-state index contributed by atoms with van der Waals surface area (Å²) in [5.41, 5.74) is 2.53. The zero-order valence-corrected chi connectivity index (χ0v) is 19.3. The van der Waals surface area contributed by atoms with Gasteiger partial charge in [-0.15, -0.1) is 0 Å². The quantitative estimate of drug-likeness (QED) is 0.528. The van der Waals surface area contributed by atoms with Gasteiger partial charge in [0, 0.05) is 19.6 Å². The summed E-state index contributed by atoms with van der Waals surface area (Å²) in [5, 5.41) is 8.99. The summed E-state index contributed by atoms with van der Waals surface area (Å²) < 4.78 is 0. The minimum Gasteiger partial charge on any atom is -0.350 e. The third-order valence-corrected chi connectivity index (χ3v) is 6.39. The molecule has 172 valence electrons. The van der Waals surface area contributed by atoms with Gasteiger partial charge in [-0.3, -0.25) is 9.69 Å².